The summed E-state index contributed by atoms with van der Waals surface area (Å²) in [5, 5.41) is 0. The van der Waals surface area contributed by atoms with Crippen molar-refractivity contribution in [1.82, 2.24) is 14.9 Å². The molecule has 1 saturated heterocycles. The van der Waals surface area contributed by atoms with Crippen molar-refractivity contribution in [2.75, 3.05) is 26.8 Å². The molecule has 7 heteroatoms. The molecule has 3 aromatic rings. The van der Waals surface area contributed by atoms with Crippen LogP contribution in [0.5, 0.6) is 11.5 Å². The zero-order valence-electron chi connectivity index (χ0n) is 19.2. The molecule has 0 radical (unpaired) electrons. The van der Waals surface area contributed by atoms with Crippen molar-refractivity contribution >= 4 is 5.91 Å². The van der Waals surface area contributed by atoms with Gasteiger partial charge in [0.2, 0.25) is 5.91 Å². The molecule has 0 unspecified atom stereocenters. The maximum absolute atomic E-state index is 13.2. The molecule has 4 rings (SSSR count). The number of hydrogen-bond acceptors (Lipinski definition) is 5. The number of nitrogens with zero attached hydrogens (tertiary/aromatic N) is 2. The van der Waals surface area contributed by atoms with Gasteiger partial charge >= 0.3 is 0 Å². The molecule has 2 aromatic carbocycles. The van der Waals surface area contributed by atoms with E-state index in [1.54, 1.807) is 20.1 Å². The molecule has 1 amide bonds. The van der Waals surface area contributed by atoms with E-state index in [0.29, 0.717) is 37.6 Å². The lowest BCUT2D eigenvalue weighted by atomic mass is 9.86. The lowest BCUT2D eigenvalue weighted by molar-refractivity contribution is -0.129. The van der Waals surface area contributed by atoms with Gasteiger partial charge in [-0.25, -0.2) is 4.98 Å². The minimum Gasteiger partial charge on any atom is -0.497 e. The molecule has 172 valence electrons. The number of likely N-dealkylation sites (tertiary alicyclic amines) is 1. The van der Waals surface area contributed by atoms with Crippen LogP contribution in [0.2, 0.25) is 0 Å². The molecule has 1 fully saturated rings. The second-order valence-corrected chi connectivity index (χ2v) is 8.29. The second kappa shape index (κ2) is 9.90. The van der Waals surface area contributed by atoms with Gasteiger partial charge in [-0.05, 0) is 49.2 Å². The lowest BCUT2D eigenvalue weighted by Gasteiger charge is -2.18. The Kier molecular flexibility index (Phi) is 6.77. The zero-order valence-corrected chi connectivity index (χ0v) is 19.2. The van der Waals surface area contributed by atoms with E-state index in [4.69, 9.17) is 9.47 Å². The molecule has 7 nitrogen and oxygen atoms in total. The van der Waals surface area contributed by atoms with E-state index < -0.39 is 0 Å². The number of hydrogen-bond donors (Lipinski definition) is 1. The summed E-state index contributed by atoms with van der Waals surface area (Å²) in [4.78, 5) is 34.5. The zero-order chi connectivity index (χ0) is 23.4. The summed E-state index contributed by atoms with van der Waals surface area (Å²) < 4.78 is 10.8. The normalized spacial score (nSPS) is 17.7. The summed E-state index contributed by atoms with van der Waals surface area (Å²) in [6, 6.07) is 17.1. The number of nitrogens with one attached hydrogen (secondary N) is 1. The SMILES string of the molecule is CCOc1ccc(CC(=O)N2C[C@@H](c3ccc(OC)cc3)[C@H](c3cc(=O)[nH]c(C)n3)C2)cc1. The van der Waals surface area contributed by atoms with Gasteiger partial charge in [0.1, 0.15) is 17.3 Å². The molecule has 2 atom stereocenters. The molecule has 0 aliphatic carbocycles. The van der Waals surface area contributed by atoms with E-state index in [2.05, 4.69) is 9.97 Å². The monoisotopic (exact) mass is 447 g/mol. The molecule has 1 aromatic heterocycles. The number of methoxy groups -OCH3 is 1. The molecular formula is C26H29N3O4. The summed E-state index contributed by atoms with van der Waals surface area (Å²) in [6.07, 6.45) is 0.316. The second-order valence-electron chi connectivity index (χ2n) is 8.29. The van der Waals surface area contributed by atoms with Gasteiger partial charge in [0.15, 0.2) is 0 Å². The molecule has 0 bridgehead atoms. The topological polar surface area (TPSA) is 84.5 Å². The van der Waals surface area contributed by atoms with Gasteiger partial charge in [0, 0.05) is 31.0 Å². The van der Waals surface area contributed by atoms with Gasteiger partial charge in [0.25, 0.3) is 5.56 Å². The average molecular weight is 448 g/mol. The van der Waals surface area contributed by atoms with Crippen molar-refractivity contribution in [3.63, 3.8) is 0 Å². The minimum atomic E-state index is -0.176. The largest absolute Gasteiger partial charge is 0.497 e. The number of rotatable bonds is 7. The quantitative estimate of drug-likeness (QED) is 0.600. The third-order valence-electron chi connectivity index (χ3n) is 6.07. The van der Waals surface area contributed by atoms with Crippen LogP contribution >= 0.6 is 0 Å². The fourth-order valence-corrected chi connectivity index (χ4v) is 4.45. The minimum absolute atomic E-state index is 0.0360. The smallest absolute Gasteiger partial charge is 0.251 e. The van der Waals surface area contributed by atoms with Gasteiger partial charge in [-0.1, -0.05) is 24.3 Å². The maximum atomic E-state index is 13.2. The highest BCUT2D eigenvalue weighted by Gasteiger charge is 2.38. The first-order valence-corrected chi connectivity index (χ1v) is 11.2. The number of aryl methyl sites for hydroxylation is 1. The Labute approximate surface area is 193 Å². The van der Waals surface area contributed by atoms with Crippen molar-refractivity contribution in [3.8, 4) is 11.5 Å². The molecule has 1 aliphatic heterocycles. The van der Waals surface area contributed by atoms with Gasteiger partial charge in [-0.3, -0.25) is 9.59 Å². The van der Waals surface area contributed by atoms with Crippen LogP contribution in [-0.4, -0.2) is 47.6 Å². The van der Waals surface area contributed by atoms with E-state index in [1.165, 1.54) is 0 Å². The Morgan fingerprint density at radius 1 is 1.06 bits per heavy atom. The van der Waals surface area contributed by atoms with Crippen LogP contribution in [0.25, 0.3) is 0 Å². The Morgan fingerprint density at radius 3 is 2.36 bits per heavy atom. The highest BCUT2D eigenvalue weighted by molar-refractivity contribution is 5.79. The van der Waals surface area contributed by atoms with Crippen LogP contribution in [0.1, 0.15) is 41.4 Å². The van der Waals surface area contributed by atoms with Crippen LogP contribution < -0.4 is 15.0 Å². The van der Waals surface area contributed by atoms with Crippen molar-refractivity contribution in [1.29, 1.82) is 0 Å². The molecule has 0 spiro atoms. The van der Waals surface area contributed by atoms with Crippen LogP contribution in [0.3, 0.4) is 0 Å². The molecule has 1 N–H and O–H groups in total. The number of benzene rings is 2. The number of ether oxygens (including phenoxy) is 2. The summed E-state index contributed by atoms with van der Waals surface area (Å²) in [6.45, 7) is 5.41. The fraction of sp³-hybridized carbons (Fsp3) is 0.346. The van der Waals surface area contributed by atoms with E-state index in [-0.39, 0.29) is 23.3 Å². The van der Waals surface area contributed by atoms with E-state index >= 15 is 0 Å². The Hall–Kier alpha value is -3.61. The maximum Gasteiger partial charge on any atom is 0.251 e. The standard InChI is InChI=1S/C26H29N3O4/c1-4-33-21-9-5-18(6-10-21)13-26(31)29-15-22(19-7-11-20(32-3)12-8-19)23(16-29)24-14-25(30)28-17(2)27-24/h5-12,14,22-23H,4,13,15-16H2,1-3H3,(H,27,28,30)/t22-,23+/m0/s1. The Morgan fingerprint density at radius 2 is 1.73 bits per heavy atom. The van der Waals surface area contributed by atoms with Crippen molar-refractivity contribution < 1.29 is 14.3 Å². The molecule has 1 aliphatic rings. The number of H-pyrrole nitrogens is 1. The number of aromatic amines is 1. The predicted molar refractivity (Wildman–Crippen MR) is 126 cm³/mol. The van der Waals surface area contributed by atoms with E-state index in [0.717, 1.165) is 22.6 Å². The lowest BCUT2D eigenvalue weighted by Crippen LogP contribution is -2.30. The highest BCUT2D eigenvalue weighted by Crippen LogP contribution is 2.39. The van der Waals surface area contributed by atoms with Crippen molar-refractivity contribution in [3.05, 3.63) is 87.6 Å². The highest BCUT2D eigenvalue weighted by atomic mass is 16.5. The number of carbonyl (C=O) groups excluding carboxylic acids is 1. The van der Waals surface area contributed by atoms with Crippen LogP contribution in [0.15, 0.2) is 59.4 Å². The van der Waals surface area contributed by atoms with Crippen LogP contribution in [0.4, 0.5) is 0 Å². The first kappa shape index (κ1) is 22.6. The summed E-state index contributed by atoms with van der Waals surface area (Å²) in [7, 11) is 1.64. The van der Waals surface area contributed by atoms with Crippen LogP contribution in [-0.2, 0) is 11.2 Å². The third-order valence-corrected chi connectivity index (χ3v) is 6.07. The molecule has 33 heavy (non-hydrogen) atoms. The summed E-state index contributed by atoms with van der Waals surface area (Å²) >= 11 is 0. The third kappa shape index (κ3) is 5.25. The van der Waals surface area contributed by atoms with Gasteiger partial charge < -0.3 is 19.4 Å². The Bertz CT molecular complexity index is 1160. The molecule has 2 heterocycles. The van der Waals surface area contributed by atoms with Gasteiger partial charge in [-0.2, -0.15) is 0 Å². The van der Waals surface area contributed by atoms with Crippen LogP contribution in [0, 0.1) is 6.92 Å². The average Bonchev–Trinajstić information content (AvgIpc) is 3.26. The van der Waals surface area contributed by atoms with Crippen molar-refractivity contribution in [2.45, 2.75) is 32.1 Å². The van der Waals surface area contributed by atoms with E-state index in [9.17, 15) is 9.59 Å². The number of aromatic nitrogens is 2. The number of amides is 1. The Balaban J connectivity index is 1.58. The predicted octanol–water partition coefficient (Wildman–Crippen LogP) is 3.44. The first-order chi connectivity index (χ1) is 16.0. The summed E-state index contributed by atoms with van der Waals surface area (Å²) in [5.41, 5.74) is 2.58. The summed E-state index contributed by atoms with van der Waals surface area (Å²) in [5.74, 6) is 2.18. The van der Waals surface area contributed by atoms with Crippen molar-refractivity contribution in [2.24, 2.45) is 0 Å². The molecule has 0 saturated carbocycles. The van der Waals surface area contributed by atoms with Gasteiger partial charge in [-0.15, -0.1) is 0 Å². The fourth-order valence-electron chi connectivity index (χ4n) is 4.45. The number of carbonyl (C=O) groups is 1. The van der Waals surface area contributed by atoms with E-state index in [1.807, 2.05) is 60.4 Å². The van der Waals surface area contributed by atoms with Gasteiger partial charge in [0.05, 0.1) is 25.8 Å². The molecular weight excluding hydrogens is 418 g/mol. The first-order valence-electron chi connectivity index (χ1n) is 11.2.